The number of rotatable bonds is 11. The molecule has 1 atom stereocenters. The van der Waals surface area contributed by atoms with Gasteiger partial charge in [-0.25, -0.2) is 8.42 Å². The fraction of sp³-hybridized carbons (Fsp3) is 0.310. The van der Waals surface area contributed by atoms with Crippen LogP contribution in [0.25, 0.3) is 0 Å². The number of carbonyl (C=O) groups is 2. The van der Waals surface area contributed by atoms with E-state index in [0.29, 0.717) is 33.3 Å². The van der Waals surface area contributed by atoms with Gasteiger partial charge >= 0.3 is 0 Å². The fourth-order valence-corrected chi connectivity index (χ4v) is 6.03. The van der Waals surface area contributed by atoms with Crippen LogP contribution in [0, 0.1) is 6.92 Å². The lowest BCUT2D eigenvalue weighted by Crippen LogP contribution is -2.53. The summed E-state index contributed by atoms with van der Waals surface area (Å²) in [5.74, 6) is -0.858. The Morgan fingerprint density at radius 1 is 0.923 bits per heavy atom. The van der Waals surface area contributed by atoms with E-state index < -0.39 is 28.5 Å². The predicted molar refractivity (Wildman–Crippen MR) is 157 cm³/mol. The van der Waals surface area contributed by atoms with Crippen molar-refractivity contribution in [1.29, 1.82) is 0 Å². The Hall–Kier alpha value is -3.07. The highest BCUT2D eigenvalue weighted by molar-refractivity contribution is 7.92. The van der Waals surface area contributed by atoms with Crippen LogP contribution in [0.3, 0.4) is 0 Å². The van der Waals surface area contributed by atoms with E-state index in [4.69, 9.17) is 23.2 Å². The van der Waals surface area contributed by atoms with Gasteiger partial charge in [-0.3, -0.25) is 13.9 Å². The first kappa shape index (κ1) is 30.5. The van der Waals surface area contributed by atoms with Crippen LogP contribution in [-0.2, 0) is 26.2 Å². The quantitative estimate of drug-likeness (QED) is 0.305. The van der Waals surface area contributed by atoms with Gasteiger partial charge in [0, 0.05) is 12.6 Å². The largest absolute Gasteiger partial charge is 0.352 e. The summed E-state index contributed by atoms with van der Waals surface area (Å²) < 4.78 is 28.8. The highest BCUT2D eigenvalue weighted by atomic mass is 35.5. The molecule has 0 aliphatic heterocycles. The van der Waals surface area contributed by atoms with E-state index in [1.807, 2.05) is 13.8 Å². The lowest BCUT2D eigenvalue weighted by Gasteiger charge is -2.34. The third-order valence-electron chi connectivity index (χ3n) is 6.15. The van der Waals surface area contributed by atoms with E-state index in [0.717, 1.165) is 4.31 Å². The van der Waals surface area contributed by atoms with Crippen LogP contribution in [0.4, 0.5) is 5.69 Å². The minimum Gasteiger partial charge on any atom is -0.352 e. The van der Waals surface area contributed by atoms with E-state index >= 15 is 0 Å². The highest BCUT2D eigenvalue weighted by Gasteiger charge is 2.34. The Bertz CT molecular complexity index is 1420. The monoisotopic (exact) mass is 589 g/mol. The van der Waals surface area contributed by atoms with Gasteiger partial charge in [0.15, 0.2) is 0 Å². The molecule has 39 heavy (non-hydrogen) atoms. The minimum absolute atomic E-state index is 0.0345. The Morgan fingerprint density at radius 3 is 2.15 bits per heavy atom. The molecule has 0 aromatic heterocycles. The zero-order valence-electron chi connectivity index (χ0n) is 22.4. The SMILES string of the molecule is CCC(C(=O)NC(C)C)N(Cc1ccc(Cl)c(Cl)c1)C(=O)CN(c1ccccc1C)S(=O)(=O)c1ccccc1. The van der Waals surface area contributed by atoms with Crippen molar-refractivity contribution in [3.8, 4) is 0 Å². The van der Waals surface area contributed by atoms with Crippen LogP contribution in [0.2, 0.25) is 10.0 Å². The number of hydrogen-bond acceptors (Lipinski definition) is 4. The zero-order valence-corrected chi connectivity index (χ0v) is 24.7. The van der Waals surface area contributed by atoms with Gasteiger partial charge in [-0.15, -0.1) is 0 Å². The summed E-state index contributed by atoms with van der Waals surface area (Å²) >= 11 is 12.3. The number of benzene rings is 3. The van der Waals surface area contributed by atoms with Crippen molar-refractivity contribution in [1.82, 2.24) is 10.2 Å². The second-order valence-corrected chi connectivity index (χ2v) is 12.1. The molecule has 0 saturated heterocycles. The number of nitrogens with one attached hydrogen (secondary N) is 1. The molecule has 1 N–H and O–H groups in total. The maximum atomic E-state index is 14.0. The van der Waals surface area contributed by atoms with Crippen LogP contribution in [0.5, 0.6) is 0 Å². The smallest absolute Gasteiger partial charge is 0.264 e. The second-order valence-electron chi connectivity index (χ2n) is 9.47. The molecule has 0 spiro atoms. The summed E-state index contributed by atoms with van der Waals surface area (Å²) in [6, 6.07) is 18.9. The van der Waals surface area contributed by atoms with Crippen molar-refractivity contribution in [2.45, 2.75) is 57.6 Å². The molecule has 1 unspecified atom stereocenters. The van der Waals surface area contributed by atoms with Crippen molar-refractivity contribution in [3.05, 3.63) is 94.0 Å². The molecule has 10 heteroatoms. The van der Waals surface area contributed by atoms with E-state index in [1.165, 1.54) is 17.0 Å². The topological polar surface area (TPSA) is 86.8 Å². The maximum absolute atomic E-state index is 14.0. The predicted octanol–water partition coefficient (Wildman–Crippen LogP) is 5.83. The molecule has 0 radical (unpaired) electrons. The Labute approximate surface area is 240 Å². The third-order valence-corrected chi connectivity index (χ3v) is 8.66. The molecule has 7 nitrogen and oxygen atoms in total. The van der Waals surface area contributed by atoms with Gasteiger partial charge in [-0.1, -0.05) is 72.6 Å². The molecule has 2 amide bonds. The van der Waals surface area contributed by atoms with Gasteiger partial charge in [-0.05, 0) is 68.7 Å². The van der Waals surface area contributed by atoms with E-state index in [2.05, 4.69) is 5.32 Å². The van der Waals surface area contributed by atoms with Crippen molar-refractivity contribution in [2.75, 3.05) is 10.8 Å². The van der Waals surface area contributed by atoms with E-state index in [-0.39, 0.29) is 23.4 Å². The van der Waals surface area contributed by atoms with Gasteiger partial charge in [0.2, 0.25) is 11.8 Å². The third kappa shape index (κ3) is 7.53. The molecular formula is C29H33Cl2N3O4S. The van der Waals surface area contributed by atoms with Crippen LogP contribution in [0.15, 0.2) is 77.7 Å². The van der Waals surface area contributed by atoms with Gasteiger partial charge < -0.3 is 10.2 Å². The number of aryl methyl sites for hydroxylation is 1. The van der Waals surface area contributed by atoms with Crippen molar-refractivity contribution < 1.29 is 18.0 Å². The molecule has 0 heterocycles. The maximum Gasteiger partial charge on any atom is 0.264 e. The summed E-state index contributed by atoms with van der Waals surface area (Å²) in [6.45, 7) is 6.79. The molecule has 0 saturated carbocycles. The van der Waals surface area contributed by atoms with Crippen LogP contribution in [-0.4, -0.2) is 43.8 Å². The number of hydrogen-bond donors (Lipinski definition) is 1. The number of amides is 2. The molecule has 0 bridgehead atoms. The molecular weight excluding hydrogens is 557 g/mol. The standard InChI is InChI=1S/C29H33Cl2N3O4S/c1-5-26(29(36)32-20(2)3)33(18-22-15-16-24(30)25(31)17-22)28(35)19-34(27-14-10-9-11-21(27)4)39(37,38)23-12-7-6-8-13-23/h6-17,20,26H,5,18-19H2,1-4H3,(H,32,36). The number of nitrogens with zero attached hydrogens (tertiary/aromatic N) is 2. The van der Waals surface area contributed by atoms with Crippen LogP contribution >= 0.6 is 23.2 Å². The fourth-order valence-electron chi connectivity index (χ4n) is 4.21. The number of carbonyl (C=O) groups excluding carboxylic acids is 2. The Kier molecular flexibility index (Phi) is 10.4. The molecule has 0 fully saturated rings. The molecule has 0 aliphatic rings. The first-order valence-electron chi connectivity index (χ1n) is 12.6. The van der Waals surface area contributed by atoms with Crippen molar-refractivity contribution in [2.24, 2.45) is 0 Å². The summed E-state index contributed by atoms with van der Waals surface area (Å²) in [7, 11) is -4.12. The first-order valence-corrected chi connectivity index (χ1v) is 14.8. The number of halogens is 2. The average molecular weight is 591 g/mol. The minimum atomic E-state index is -4.12. The Balaban J connectivity index is 2.08. The van der Waals surface area contributed by atoms with Gasteiger partial charge in [-0.2, -0.15) is 0 Å². The Morgan fingerprint density at radius 2 is 1.56 bits per heavy atom. The van der Waals surface area contributed by atoms with Crippen LogP contribution < -0.4 is 9.62 Å². The molecule has 208 valence electrons. The van der Waals surface area contributed by atoms with Gasteiger partial charge in [0.25, 0.3) is 10.0 Å². The molecule has 3 aromatic carbocycles. The summed E-state index contributed by atoms with van der Waals surface area (Å²) in [4.78, 5) is 28.7. The summed E-state index contributed by atoms with van der Waals surface area (Å²) in [6.07, 6.45) is 0.321. The molecule has 0 aliphatic carbocycles. The molecule has 3 rings (SSSR count). The van der Waals surface area contributed by atoms with Gasteiger partial charge in [0.1, 0.15) is 12.6 Å². The van der Waals surface area contributed by atoms with E-state index in [9.17, 15) is 18.0 Å². The number of anilines is 1. The highest BCUT2D eigenvalue weighted by Crippen LogP contribution is 2.28. The zero-order chi connectivity index (χ0) is 28.7. The van der Waals surface area contributed by atoms with Crippen molar-refractivity contribution >= 4 is 50.7 Å². The van der Waals surface area contributed by atoms with E-state index in [1.54, 1.807) is 74.5 Å². The lowest BCUT2D eigenvalue weighted by molar-refractivity contribution is -0.140. The van der Waals surface area contributed by atoms with Crippen LogP contribution in [0.1, 0.15) is 38.3 Å². The lowest BCUT2D eigenvalue weighted by atomic mass is 10.1. The normalized spacial score (nSPS) is 12.2. The number of sulfonamides is 1. The summed E-state index contributed by atoms with van der Waals surface area (Å²) in [5, 5.41) is 3.55. The second kappa shape index (κ2) is 13.3. The van der Waals surface area contributed by atoms with Gasteiger partial charge in [0.05, 0.1) is 20.6 Å². The molecule has 3 aromatic rings. The average Bonchev–Trinajstić information content (AvgIpc) is 2.89. The summed E-state index contributed by atoms with van der Waals surface area (Å²) in [5.41, 5.74) is 1.72. The number of para-hydroxylation sites is 1. The van der Waals surface area contributed by atoms with Crippen molar-refractivity contribution in [3.63, 3.8) is 0 Å². The first-order chi connectivity index (χ1) is 18.4.